The molecule has 1 aromatic rings. The summed E-state index contributed by atoms with van der Waals surface area (Å²) in [4.78, 5) is 22.8. The molecule has 1 aliphatic rings. The zero-order valence-corrected chi connectivity index (χ0v) is 11.9. The van der Waals surface area contributed by atoms with E-state index in [1.807, 2.05) is 12.1 Å². The Kier molecular flexibility index (Phi) is 4.42. The monoisotopic (exact) mass is 275 g/mol. The van der Waals surface area contributed by atoms with Gasteiger partial charge in [0.15, 0.2) is 0 Å². The maximum atomic E-state index is 11.9. The number of carboxylic acid groups (broad SMARTS) is 1. The first kappa shape index (κ1) is 14.6. The Morgan fingerprint density at radius 3 is 2.25 bits per heavy atom. The molecule has 0 aliphatic heterocycles. The number of hydrogen-bond donors (Lipinski definition) is 2. The molecule has 4 heteroatoms. The van der Waals surface area contributed by atoms with Crippen molar-refractivity contribution in [1.82, 2.24) is 5.32 Å². The largest absolute Gasteiger partial charge is 0.481 e. The molecule has 1 aliphatic carbocycles. The highest BCUT2D eigenvalue weighted by molar-refractivity contribution is 5.86. The molecule has 1 amide bonds. The third-order valence-corrected chi connectivity index (χ3v) is 4.04. The van der Waals surface area contributed by atoms with Crippen LogP contribution in [0.25, 0.3) is 0 Å². The average molecular weight is 275 g/mol. The van der Waals surface area contributed by atoms with Crippen molar-refractivity contribution in [2.75, 3.05) is 0 Å². The number of benzene rings is 1. The summed E-state index contributed by atoms with van der Waals surface area (Å²) in [7, 11) is 0. The zero-order valence-electron chi connectivity index (χ0n) is 11.9. The standard InChI is InChI=1S/C16H21NO3/c1-10(2)12-5-3-11(4-6-12)9-17-15(18)13-7-8-14(13)16(19)20/h3-6,10,13-14H,7-9H2,1-2H3,(H,17,18)(H,19,20). The predicted octanol–water partition coefficient (Wildman–Crippen LogP) is 2.54. The minimum absolute atomic E-state index is 0.142. The molecule has 1 saturated carbocycles. The summed E-state index contributed by atoms with van der Waals surface area (Å²) in [5, 5.41) is 11.8. The molecule has 20 heavy (non-hydrogen) atoms. The van der Waals surface area contributed by atoms with Gasteiger partial charge in [-0.05, 0) is 29.9 Å². The van der Waals surface area contributed by atoms with Gasteiger partial charge in [0, 0.05) is 6.54 Å². The number of rotatable bonds is 5. The van der Waals surface area contributed by atoms with E-state index in [1.54, 1.807) is 0 Å². The lowest BCUT2D eigenvalue weighted by atomic mass is 9.73. The molecule has 0 spiro atoms. The molecule has 1 fully saturated rings. The van der Waals surface area contributed by atoms with Gasteiger partial charge in [0.1, 0.15) is 0 Å². The van der Waals surface area contributed by atoms with Crippen LogP contribution in [0.5, 0.6) is 0 Å². The van der Waals surface area contributed by atoms with E-state index in [-0.39, 0.29) is 11.8 Å². The number of carbonyl (C=O) groups is 2. The zero-order chi connectivity index (χ0) is 14.7. The molecule has 2 atom stereocenters. The van der Waals surface area contributed by atoms with Crippen molar-refractivity contribution in [3.05, 3.63) is 35.4 Å². The van der Waals surface area contributed by atoms with Gasteiger partial charge in [0.2, 0.25) is 5.91 Å². The van der Waals surface area contributed by atoms with E-state index in [0.29, 0.717) is 25.3 Å². The van der Waals surface area contributed by atoms with Crippen LogP contribution >= 0.6 is 0 Å². The molecule has 2 unspecified atom stereocenters. The lowest BCUT2D eigenvalue weighted by molar-refractivity contribution is -0.152. The summed E-state index contributed by atoms with van der Waals surface area (Å²) in [5.74, 6) is -1.38. The van der Waals surface area contributed by atoms with Crippen LogP contribution in [0.4, 0.5) is 0 Å². The van der Waals surface area contributed by atoms with Crippen LogP contribution in [0.2, 0.25) is 0 Å². The van der Waals surface area contributed by atoms with Crippen molar-refractivity contribution in [2.45, 2.75) is 39.2 Å². The van der Waals surface area contributed by atoms with Crippen molar-refractivity contribution in [1.29, 1.82) is 0 Å². The van der Waals surface area contributed by atoms with E-state index < -0.39 is 11.9 Å². The van der Waals surface area contributed by atoms with Crippen molar-refractivity contribution in [3.63, 3.8) is 0 Å². The molecule has 4 nitrogen and oxygen atoms in total. The maximum Gasteiger partial charge on any atom is 0.307 e. The minimum atomic E-state index is -0.863. The third kappa shape index (κ3) is 3.18. The molecule has 2 rings (SSSR count). The second kappa shape index (κ2) is 6.07. The van der Waals surface area contributed by atoms with Crippen LogP contribution < -0.4 is 5.32 Å². The first-order chi connectivity index (χ1) is 9.49. The smallest absolute Gasteiger partial charge is 0.307 e. The first-order valence-corrected chi connectivity index (χ1v) is 7.08. The van der Waals surface area contributed by atoms with E-state index >= 15 is 0 Å². The fraction of sp³-hybridized carbons (Fsp3) is 0.500. The Morgan fingerprint density at radius 1 is 1.20 bits per heavy atom. The highest BCUT2D eigenvalue weighted by atomic mass is 16.4. The number of carbonyl (C=O) groups excluding carboxylic acids is 1. The summed E-state index contributed by atoms with van der Waals surface area (Å²) in [5.41, 5.74) is 2.30. The van der Waals surface area contributed by atoms with Gasteiger partial charge in [-0.1, -0.05) is 38.1 Å². The Bertz CT molecular complexity index is 493. The fourth-order valence-corrected chi connectivity index (χ4v) is 2.45. The number of hydrogen-bond acceptors (Lipinski definition) is 2. The average Bonchev–Trinajstić information content (AvgIpc) is 2.34. The molecule has 0 aromatic heterocycles. The second-order valence-corrected chi connectivity index (χ2v) is 5.74. The minimum Gasteiger partial charge on any atom is -0.481 e. The molecule has 1 aromatic carbocycles. The fourth-order valence-electron chi connectivity index (χ4n) is 2.45. The molecule has 0 bridgehead atoms. The highest BCUT2D eigenvalue weighted by Crippen LogP contribution is 2.34. The summed E-state index contributed by atoms with van der Waals surface area (Å²) >= 11 is 0. The Balaban J connectivity index is 1.86. The van der Waals surface area contributed by atoms with Crippen LogP contribution in [0.15, 0.2) is 24.3 Å². The van der Waals surface area contributed by atoms with Gasteiger partial charge in [-0.25, -0.2) is 0 Å². The Labute approximate surface area is 119 Å². The van der Waals surface area contributed by atoms with E-state index in [9.17, 15) is 9.59 Å². The lowest BCUT2D eigenvalue weighted by Gasteiger charge is -2.31. The van der Waals surface area contributed by atoms with Gasteiger partial charge in [0.05, 0.1) is 11.8 Å². The number of aliphatic carboxylic acids is 1. The number of nitrogens with one attached hydrogen (secondary N) is 1. The quantitative estimate of drug-likeness (QED) is 0.867. The second-order valence-electron chi connectivity index (χ2n) is 5.74. The van der Waals surface area contributed by atoms with Crippen LogP contribution in [0, 0.1) is 11.8 Å². The Morgan fingerprint density at radius 2 is 1.80 bits per heavy atom. The van der Waals surface area contributed by atoms with Crippen LogP contribution in [-0.4, -0.2) is 17.0 Å². The van der Waals surface area contributed by atoms with E-state index in [1.165, 1.54) is 5.56 Å². The van der Waals surface area contributed by atoms with Gasteiger partial charge >= 0.3 is 5.97 Å². The van der Waals surface area contributed by atoms with Gasteiger partial charge in [-0.15, -0.1) is 0 Å². The molecular formula is C16H21NO3. The number of carboxylic acids is 1. The SMILES string of the molecule is CC(C)c1ccc(CNC(=O)C2CCC2C(=O)O)cc1. The van der Waals surface area contributed by atoms with Crippen molar-refractivity contribution >= 4 is 11.9 Å². The molecule has 0 heterocycles. The van der Waals surface area contributed by atoms with Crippen LogP contribution in [0.3, 0.4) is 0 Å². The summed E-state index contributed by atoms with van der Waals surface area (Å²) in [6, 6.07) is 8.14. The van der Waals surface area contributed by atoms with Crippen molar-refractivity contribution in [2.24, 2.45) is 11.8 Å². The third-order valence-electron chi connectivity index (χ3n) is 4.04. The lowest BCUT2D eigenvalue weighted by Crippen LogP contribution is -2.43. The maximum absolute atomic E-state index is 11.9. The highest BCUT2D eigenvalue weighted by Gasteiger charge is 2.41. The normalized spacial score (nSPS) is 21.4. The Hall–Kier alpha value is -1.84. The summed E-state index contributed by atoms with van der Waals surface area (Å²) in [6.45, 7) is 4.74. The van der Waals surface area contributed by atoms with Crippen LogP contribution in [-0.2, 0) is 16.1 Å². The molecule has 108 valence electrons. The summed E-state index contributed by atoms with van der Waals surface area (Å²) < 4.78 is 0. The topological polar surface area (TPSA) is 66.4 Å². The molecule has 0 radical (unpaired) electrons. The summed E-state index contributed by atoms with van der Waals surface area (Å²) in [6.07, 6.45) is 1.28. The van der Waals surface area contributed by atoms with Crippen molar-refractivity contribution in [3.8, 4) is 0 Å². The van der Waals surface area contributed by atoms with Gasteiger partial charge < -0.3 is 10.4 Å². The number of amides is 1. The van der Waals surface area contributed by atoms with E-state index in [2.05, 4.69) is 31.3 Å². The van der Waals surface area contributed by atoms with Gasteiger partial charge in [-0.2, -0.15) is 0 Å². The first-order valence-electron chi connectivity index (χ1n) is 7.08. The molecule has 0 saturated heterocycles. The van der Waals surface area contributed by atoms with E-state index in [0.717, 1.165) is 5.56 Å². The molecule has 2 N–H and O–H groups in total. The predicted molar refractivity (Wildman–Crippen MR) is 76.2 cm³/mol. The van der Waals surface area contributed by atoms with Crippen LogP contribution in [0.1, 0.15) is 43.7 Å². The van der Waals surface area contributed by atoms with Gasteiger partial charge in [-0.3, -0.25) is 9.59 Å². The van der Waals surface area contributed by atoms with Gasteiger partial charge in [0.25, 0.3) is 0 Å². The van der Waals surface area contributed by atoms with E-state index in [4.69, 9.17) is 5.11 Å². The molecular weight excluding hydrogens is 254 g/mol. The van der Waals surface area contributed by atoms with Crippen molar-refractivity contribution < 1.29 is 14.7 Å².